The number of carbonyl (C=O) groups excluding carboxylic acids is 1. The van der Waals surface area contributed by atoms with Gasteiger partial charge in [-0.15, -0.1) is 11.3 Å². The van der Waals surface area contributed by atoms with Gasteiger partial charge in [0.05, 0.1) is 10.6 Å². The minimum absolute atomic E-state index is 0.112. The molecule has 0 aliphatic carbocycles. The normalized spacial score (nSPS) is 10.8. The van der Waals surface area contributed by atoms with Crippen molar-refractivity contribution < 1.29 is 4.79 Å². The lowest BCUT2D eigenvalue weighted by atomic mass is 10.1. The highest BCUT2D eigenvalue weighted by molar-refractivity contribution is 7.12. The molecular weight excluding hydrogens is 218 g/mol. The molecule has 0 radical (unpaired) electrons. The zero-order valence-electron chi connectivity index (χ0n) is 9.97. The van der Waals surface area contributed by atoms with Gasteiger partial charge in [0.2, 0.25) is 5.78 Å². The molecule has 2 nitrogen and oxygen atoms in total. The first-order valence-corrected chi connectivity index (χ1v) is 6.15. The van der Waals surface area contributed by atoms with Crippen molar-refractivity contribution in [3.05, 3.63) is 44.4 Å². The molecule has 2 aromatic rings. The molecule has 0 aliphatic heterocycles. The Bertz CT molecular complexity index is 548. The summed E-state index contributed by atoms with van der Waals surface area (Å²) in [4.78, 5) is 16.3. The summed E-state index contributed by atoms with van der Waals surface area (Å²) in [7, 11) is 0. The fourth-order valence-electron chi connectivity index (χ4n) is 1.79. The van der Waals surface area contributed by atoms with E-state index in [0.717, 1.165) is 27.4 Å². The van der Waals surface area contributed by atoms with E-state index in [2.05, 4.69) is 4.98 Å². The molecule has 0 bridgehead atoms. The molecule has 0 aliphatic rings. The lowest BCUT2D eigenvalue weighted by Gasteiger charge is -1.99. The molecule has 2 heterocycles. The third kappa shape index (κ3) is 1.61. The molecular formula is C13H15NOS. The summed E-state index contributed by atoms with van der Waals surface area (Å²) in [5.74, 6) is 0.112. The van der Waals surface area contributed by atoms with E-state index in [1.807, 2.05) is 39.1 Å². The number of nitrogens with one attached hydrogen (secondary N) is 1. The summed E-state index contributed by atoms with van der Waals surface area (Å²) >= 11 is 1.51. The number of hydrogen-bond acceptors (Lipinski definition) is 2. The zero-order valence-corrected chi connectivity index (χ0v) is 10.8. The molecule has 84 valence electrons. The smallest absolute Gasteiger partial charge is 0.219 e. The molecule has 0 fully saturated rings. The Hall–Kier alpha value is -1.35. The molecule has 0 amide bonds. The van der Waals surface area contributed by atoms with Gasteiger partial charge in [-0.25, -0.2) is 0 Å². The molecule has 1 N–H and O–H groups in total. The Balaban J connectivity index is 2.50. The van der Waals surface area contributed by atoms with Crippen molar-refractivity contribution in [1.82, 2.24) is 4.98 Å². The van der Waals surface area contributed by atoms with Gasteiger partial charge in [0.15, 0.2) is 0 Å². The second-order valence-electron chi connectivity index (χ2n) is 4.14. The summed E-state index contributed by atoms with van der Waals surface area (Å²) in [5.41, 5.74) is 5.11. The predicted molar refractivity (Wildman–Crippen MR) is 67.5 cm³/mol. The van der Waals surface area contributed by atoms with Gasteiger partial charge < -0.3 is 4.98 Å². The Morgan fingerprint density at radius 2 is 1.88 bits per heavy atom. The molecule has 2 aromatic heterocycles. The molecule has 0 atom stereocenters. The van der Waals surface area contributed by atoms with Gasteiger partial charge in [0.25, 0.3) is 0 Å². The average Bonchev–Trinajstić information content (AvgIpc) is 2.77. The number of thiophene rings is 1. The molecule has 0 unspecified atom stereocenters. The third-order valence-electron chi connectivity index (χ3n) is 3.11. The second-order valence-corrected chi connectivity index (χ2v) is 5.05. The topological polar surface area (TPSA) is 32.9 Å². The number of hydrogen-bond donors (Lipinski definition) is 1. The van der Waals surface area contributed by atoms with Crippen molar-refractivity contribution in [3.8, 4) is 0 Å². The molecule has 0 spiro atoms. The molecule has 2 rings (SSSR count). The number of carbonyl (C=O) groups is 1. The summed E-state index contributed by atoms with van der Waals surface area (Å²) in [6, 6.07) is 1.98. The van der Waals surface area contributed by atoms with Crippen LogP contribution in [0.2, 0.25) is 0 Å². The van der Waals surface area contributed by atoms with Crippen LogP contribution in [0, 0.1) is 27.7 Å². The van der Waals surface area contributed by atoms with Gasteiger partial charge >= 0.3 is 0 Å². The minimum Gasteiger partial charge on any atom is -0.355 e. The number of ketones is 1. The summed E-state index contributed by atoms with van der Waals surface area (Å²) < 4.78 is 0. The van der Waals surface area contributed by atoms with E-state index >= 15 is 0 Å². The van der Waals surface area contributed by atoms with E-state index in [0.29, 0.717) is 0 Å². The van der Waals surface area contributed by atoms with Crippen LogP contribution in [-0.4, -0.2) is 10.8 Å². The fraction of sp³-hybridized carbons (Fsp3) is 0.308. The van der Waals surface area contributed by atoms with E-state index in [4.69, 9.17) is 0 Å². The number of rotatable bonds is 2. The molecule has 16 heavy (non-hydrogen) atoms. The van der Waals surface area contributed by atoms with Crippen LogP contribution in [0.1, 0.15) is 37.7 Å². The lowest BCUT2D eigenvalue weighted by Crippen LogP contribution is -2.03. The third-order valence-corrected chi connectivity index (χ3v) is 4.12. The van der Waals surface area contributed by atoms with E-state index in [1.54, 1.807) is 0 Å². The minimum atomic E-state index is 0.112. The van der Waals surface area contributed by atoms with Gasteiger partial charge in [0.1, 0.15) is 0 Å². The van der Waals surface area contributed by atoms with E-state index < -0.39 is 0 Å². The fourth-order valence-corrected chi connectivity index (χ4v) is 2.66. The van der Waals surface area contributed by atoms with Gasteiger partial charge in [-0.05, 0) is 55.8 Å². The van der Waals surface area contributed by atoms with Gasteiger partial charge in [0, 0.05) is 5.69 Å². The highest BCUT2D eigenvalue weighted by atomic mass is 32.1. The van der Waals surface area contributed by atoms with Crippen molar-refractivity contribution in [3.63, 3.8) is 0 Å². The van der Waals surface area contributed by atoms with Crippen molar-refractivity contribution in [2.75, 3.05) is 0 Å². The lowest BCUT2D eigenvalue weighted by molar-refractivity contribution is 0.103. The number of aryl methyl sites for hydroxylation is 2. The van der Waals surface area contributed by atoms with Crippen molar-refractivity contribution in [2.45, 2.75) is 27.7 Å². The molecule has 0 aromatic carbocycles. The Morgan fingerprint density at radius 1 is 1.19 bits per heavy atom. The van der Waals surface area contributed by atoms with Gasteiger partial charge in [-0.3, -0.25) is 4.79 Å². The van der Waals surface area contributed by atoms with Crippen LogP contribution in [0.5, 0.6) is 0 Å². The van der Waals surface area contributed by atoms with Crippen LogP contribution < -0.4 is 0 Å². The van der Waals surface area contributed by atoms with Crippen LogP contribution in [-0.2, 0) is 0 Å². The van der Waals surface area contributed by atoms with Crippen molar-refractivity contribution >= 4 is 17.1 Å². The van der Waals surface area contributed by atoms with Crippen LogP contribution in [0.15, 0.2) is 11.4 Å². The Labute approximate surface area is 99.3 Å². The average molecular weight is 233 g/mol. The number of H-pyrrole nitrogens is 1. The Kier molecular flexibility index (Phi) is 2.72. The van der Waals surface area contributed by atoms with E-state index in [9.17, 15) is 4.79 Å². The molecule has 0 saturated carbocycles. The van der Waals surface area contributed by atoms with Gasteiger partial charge in [-0.1, -0.05) is 0 Å². The zero-order chi connectivity index (χ0) is 11.9. The van der Waals surface area contributed by atoms with Gasteiger partial charge in [-0.2, -0.15) is 0 Å². The number of aromatic amines is 1. The largest absolute Gasteiger partial charge is 0.355 e. The van der Waals surface area contributed by atoms with Crippen LogP contribution >= 0.6 is 11.3 Å². The maximum absolute atomic E-state index is 12.3. The van der Waals surface area contributed by atoms with Crippen LogP contribution in [0.25, 0.3) is 0 Å². The standard InChI is InChI=1S/C13H15NOS/c1-7-5-6-16-13(7)12(15)11-9(3)8(2)10(4)14-11/h5-6,14H,1-4H3. The second kappa shape index (κ2) is 3.91. The first kappa shape index (κ1) is 11.1. The van der Waals surface area contributed by atoms with E-state index in [1.165, 1.54) is 16.9 Å². The highest BCUT2D eigenvalue weighted by Crippen LogP contribution is 2.24. The monoisotopic (exact) mass is 233 g/mol. The first-order chi connectivity index (χ1) is 7.52. The SMILES string of the molecule is Cc1ccsc1C(=O)c1[nH]c(C)c(C)c1C. The maximum atomic E-state index is 12.3. The quantitative estimate of drug-likeness (QED) is 0.791. The first-order valence-electron chi connectivity index (χ1n) is 5.27. The summed E-state index contributed by atoms with van der Waals surface area (Å²) in [6.45, 7) is 8.01. The maximum Gasteiger partial charge on any atom is 0.219 e. The summed E-state index contributed by atoms with van der Waals surface area (Å²) in [6.07, 6.45) is 0. The summed E-state index contributed by atoms with van der Waals surface area (Å²) in [5, 5.41) is 1.96. The Morgan fingerprint density at radius 3 is 2.31 bits per heavy atom. The molecule has 0 saturated heterocycles. The number of aromatic nitrogens is 1. The van der Waals surface area contributed by atoms with Crippen molar-refractivity contribution in [1.29, 1.82) is 0 Å². The highest BCUT2D eigenvalue weighted by Gasteiger charge is 2.18. The van der Waals surface area contributed by atoms with E-state index in [-0.39, 0.29) is 5.78 Å². The molecule has 3 heteroatoms. The predicted octanol–water partition coefficient (Wildman–Crippen LogP) is 3.54. The van der Waals surface area contributed by atoms with Crippen LogP contribution in [0.3, 0.4) is 0 Å². The van der Waals surface area contributed by atoms with Crippen molar-refractivity contribution in [2.24, 2.45) is 0 Å². The van der Waals surface area contributed by atoms with Crippen LogP contribution in [0.4, 0.5) is 0 Å².